The summed E-state index contributed by atoms with van der Waals surface area (Å²) in [5, 5.41) is 2.79. The Hall–Kier alpha value is -1.53. The van der Waals surface area contributed by atoms with Gasteiger partial charge in [0.2, 0.25) is 5.91 Å². The molecule has 3 N–H and O–H groups in total. The Morgan fingerprint density at radius 2 is 2.05 bits per heavy atom. The average Bonchev–Trinajstić information content (AvgIpc) is 2.44. The molecule has 1 aliphatic rings. The fraction of sp³-hybridized carbons (Fsp3) is 0.533. The first kappa shape index (κ1) is 15.9. The van der Waals surface area contributed by atoms with Crippen molar-refractivity contribution in [3.05, 3.63) is 35.4 Å². The zero-order valence-electron chi connectivity index (χ0n) is 11.9. The standard InChI is InChI=1S/C15H21F2N3O/c16-13-6-11(7-14(17)8-13)9-20-5-1-2-12(10-20)15(21)19-4-3-18/h6-8,12H,1-5,9-10,18H2,(H,19,21). The molecule has 0 spiro atoms. The molecule has 0 bridgehead atoms. The van der Waals surface area contributed by atoms with Gasteiger partial charge in [0.25, 0.3) is 0 Å². The van der Waals surface area contributed by atoms with Crippen molar-refractivity contribution in [1.29, 1.82) is 0 Å². The van der Waals surface area contributed by atoms with Gasteiger partial charge in [0, 0.05) is 32.2 Å². The Kier molecular flexibility index (Phi) is 5.64. The second-order valence-corrected chi connectivity index (χ2v) is 5.43. The van der Waals surface area contributed by atoms with E-state index < -0.39 is 11.6 Å². The molecule has 1 amide bonds. The lowest BCUT2D eigenvalue weighted by molar-refractivity contribution is -0.126. The van der Waals surface area contributed by atoms with Crippen LogP contribution in [0.15, 0.2) is 18.2 Å². The van der Waals surface area contributed by atoms with Crippen LogP contribution in [-0.2, 0) is 11.3 Å². The molecular weight excluding hydrogens is 276 g/mol. The van der Waals surface area contributed by atoms with Crippen molar-refractivity contribution in [2.45, 2.75) is 19.4 Å². The van der Waals surface area contributed by atoms with E-state index in [0.29, 0.717) is 31.7 Å². The van der Waals surface area contributed by atoms with E-state index in [1.54, 1.807) is 0 Å². The van der Waals surface area contributed by atoms with E-state index in [1.165, 1.54) is 12.1 Å². The van der Waals surface area contributed by atoms with Crippen LogP contribution in [0.4, 0.5) is 8.78 Å². The number of carbonyl (C=O) groups excluding carboxylic acids is 1. The number of halogens is 2. The number of carbonyl (C=O) groups is 1. The first-order chi connectivity index (χ1) is 10.1. The molecule has 2 rings (SSSR count). The minimum absolute atomic E-state index is 0.00979. The van der Waals surface area contributed by atoms with Crippen LogP contribution in [0.2, 0.25) is 0 Å². The molecule has 1 unspecified atom stereocenters. The van der Waals surface area contributed by atoms with Gasteiger partial charge >= 0.3 is 0 Å². The van der Waals surface area contributed by atoms with E-state index in [9.17, 15) is 13.6 Å². The Balaban J connectivity index is 1.93. The summed E-state index contributed by atoms with van der Waals surface area (Å²) in [7, 11) is 0. The fourth-order valence-electron chi connectivity index (χ4n) is 2.71. The van der Waals surface area contributed by atoms with Crippen LogP contribution in [0.25, 0.3) is 0 Å². The number of piperidine rings is 1. The third-order valence-corrected chi connectivity index (χ3v) is 3.65. The number of nitrogens with two attached hydrogens (primary N) is 1. The third kappa shape index (κ3) is 4.75. The van der Waals surface area contributed by atoms with Crippen LogP contribution in [0.5, 0.6) is 0 Å². The number of amides is 1. The fourth-order valence-corrected chi connectivity index (χ4v) is 2.71. The summed E-state index contributed by atoms with van der Waals surface area (Å²) >= 11 is 0. The molecule has 1 atom stereocenters. The van der Waals surface area contributed by atoms with Gasteiger partial charge in [-0.3, -0.25) is 9.69 Å². The molecule has 4 nitrogen and oxygen atoms in total. The van der Waals surface area contributed by atoms with Crippen LogP contribution < -0.4 is 11.1 Å². The molecule has 1 saturated heterocycles. The van der Waals surface area contributed by atoms with Crippen LogP contribution in [0, 0.1) is 17.6 Å². The molecule has 1 aliphatic heterocycles. The maximum atomic E-state index is 13.2. The maximum absolute atomic E-state index is 13.2. The summed E-state index contributed by atoms with van der Waals surface area (Å²) in [5.74, 6) is -1.21. The van der Waals surface area contributed by atoms with Crippen molar-refractivity contribution in [3.63, 3.8) is 0 Å². The minimum atomic E-state index is -0.570. The Labute approximate surface area is 123 Å². The second-order valence-electron chi connectivity index (χ2n) is 5.43. The normalized spacial score (nSPS) is 19.5. The van der Waals surface area contributed by atoms with E-state index in [-0.39, 0.29) is 11.8 Å². The molecule has 6 heteroatoms. The number of nitrogens with zero attached hydrogens (tertiary/aromatic N) is 1. The highest BCUT2D eigenvalue weighted by Crippen LogP contribution is 2.19. The summed E-state index contributed by atoms with van der Waals surface area (Å²) in [6.07, 6.45) is 1.74. The van der Waals surface area contributed by atoms with Gasteiger partial charge in [-0.2, -0.15) is 0 Å². The predicted molar refractivity (Wildman–Crippen MR) is 76.4 cm³/mol. The van der Waals surface area contributed by atoms with Crippen molar-refractivity contribution in [1.82, 2.24) is 10.2 Å². The number of benzene rings is 1. The molecule has 1 aromatic rings. The van der Waals surface area contributed by atoms with Gasteiger partial charge < -0.3 is 11.1 Å². The van der Waals surface area contributed by atoms with E-state index in [1.807, 2.05) is 0 Å². The lowest BCUT2D eigenvalue weighted by Crippen LogP contribution is -2.43. The van der Waals surface area contributed by atoms with Crippen LogP contribution in [0.1, 0.15) is 18.4 Å². The van der Waals surface area contributed by atoms with Gasteiger partial charge in [-0.15, -0.1) is 0 Å². The number of hydrogen-bond donors (Lipinski definition) is 2. The molecule has 0 saturated carbocycles. The van der Waals surface area contributed by atoms with Gasteiger partial charge in [-0.25, -0.2) is 8.78 Å². The van der Waals surface area contributed by atoms with Crippen LogP contribution in [0.3, 0.4) is 0 Å². The molecule has 0 aliphatic carbocycles. The second kappa shape index (κ2) is 7.47. The summed E-state index contributed by atoms with van der Waals surface area (Å²) in [4.78, 5) is 14.0. The quantitative estimate of drug-likeness (QED) is 0.860. The van der Waals surface area contributed by atoms with Gasteiger partial charge in [0.15, 0.2) is 0 Å². The van der Waals surface area contributed by atoms with Crippen molar-refractivity contribution in [2.75, 3.05) is 26.2 Å². The number of likely N-dealkylation sites (tertiary alicyclic amines) is 1. The van der Waals surface area contributed by atoms with Crippen molar-refractivity contribution in [3.8, 4) is 0 Å². The first-order valence-electron chi connectivity index (χ1n) is 7.23. The summed E-state index contributed by atoms with van der Waals surface area (Å²) in [6, 6.07) is 3.53. The highest BCUT2D eigenvalue weighted by molar-refractivity contribution is 5.78. The Morgan fingerprint density at radius 1 is 1.33 bits per heavy atom. The van der Waals surface area contributed by atoms with Gasteiger partial charge in [-0.05, 0) is 37.1 Å². The van der Waals surface area contributed by atoms with E-state index in [0.717, 1.165) is 25.5 Å². The molecule has 1 aromatic carbocycles. The molecular formula is C15H21F2N3O. The molecule has 116 valence electrons. The molecule has 0 radical (unpaired) electrons. The van der Waals surface area contributed by atoms with Gasteiger partial charge in [0.1, 0.15) is 11.6 Å². The number of rotatable bonds is 5. The van der Waals surface area contributed by atoms with Crippen LogP contribution in [-0.4, -0.2) is 37.0 Å². The van der Waals surface area contributed by atoms with E-state index in [2.05, 4.69) is 10.2 Å². The largest absolute Gasteiger partial charge is 0.355 e. The molecule has 21 heavy (non-hydrogen) atoms. The summed E-state index contributed by atoms with van der Waals surface area (Å²) in [6.45, 7) is 2.79. The smallest absolute Gasteiger partial charge is 0.224 e. The lowest BCUT2D eigenvalue weighted by atomic mass is 9.96. The van der Waals surface area contributed by atoms with Crippen molar-refractivity contribution in [2.24, 2.45) is 11.7 Å². The van der Waals surface area contributed by atoms with E-state index >= 15 is 0 Å². The summed E-state index contributed by atoms with van der Waals surface area (Å²) in [5.41, 5.74) is 5.96. The molecule has 1 fully saturated rings. The highest BCUT2D eigenvalue weighted by Gasteiger charge is 2.25. The summed E-state index contributed by atoms with van der Waals surface area (Å²) < 4.78 is 26.4. The third-order valence-electron chi connectivity index (χ3n) is 3.65. The maximum Gasteiger partial charge on any atom is 0.224 e. The SMILES string of the molecule is NCCNC(=O)C1CCCN(Cc2cc(F)cc(F)c2)C1. The Morgan fingerprint density at radius 3 is 2.71 bits per heavy atom. The zero-order valence-corrected chi connectivity index (χ0v) is 11.9. The minimum Gasteiger partial charge on any atom is -0.355 e. The topological polar surface area (TPSA) is 58.4 Å². The predicted octanol–water partition coefficient (Wildman–Crippen LogP) is 1.25. The monoisotopic (exact) mass is 297 g/mol. The zero-order chi connectivity index (χ0) is 15.2. The van der Waals surface area contributed by atoms with E-state index in [4.69, 9.17) is 5.73 Å². The molecule has 1 heterocycles. The van der Waals surface area contributed by atoms with Crippen LogP contribution >= 0.6 is 0 Å². The first-order valence-corrected chi connectivity index (χ1v) is 7.23. The van der Waals surface area contributed by atoms with Crippen molar-refractivity contribution >= 4 is 5.91 Å². The highest BCUT2D eigenvalue weighted by atomic mass is 19.1. The number of hydrogen-bond acceptors (Lipinski definition) is 3. The number of nitrogens with one attached hydrogen (secondary N) is 1. The lowest BCUT2D eigenvalue weighted by Gasteiger charge is -2.32. The average molecular weight is 297 g/mol. The van der Waals surface area contributed by atoms with Gasteiger partial charge in [0.05, 0.1) is 5.92 Å². The van der Waals surface area contributed by atoms with Gasteiger partial charge in [-0.1, -0.05) is 0 Å². The van der Waals surface area contributed by atoms with Crippen molar-refractivity contribution < 1.29 is 13.6 Å². The Bertz CT molecular complexity index is 476. The molecule has 0 aromatic heterocycles.